The Morgan fingerprint density at radius 1 is 1.09 bits per heavy atom. The van der Waals surface area contributed by atoms with Crippen LogP contribution in [0.2, 0.25) is 5.02 Å². The number of hydrogen-bond donors (Lipinski definition) is 0. The summed E-state index contributed by atoms with van der Waals surface area (Å²) in [5, 5.41) is 0.695. The Morgan fingerprint density at radius 2 is 1.76 bits per heavy atom. The Hall–Kier alpha value is -3.08. The van der Waals surface area contributed by atoms with E-state index in [0.29, 0.717) is 35.0 Å². The van der Waals surface area contributed by atoms with Crippen molar-refractivity contribution < 1.29 is 31.9 Å². The maximum atomic E-state index is 13.6. The van der Waals surface area contributed by atoms with Gasteiger partial charge in [0.2, 0.25) is 0 Å². The topological polar surface area (TPSA) is 106 Å². The van der Waals surface area contributed by atoms with Gasteiger partial charge in [-0.3, -0.25) is 0 Å². The molecule has 33 heavy (non-hydrogen) atoms. The van der Waals surface area contributed by atoms with Crippen molar-refractivity contribution in [2.75, 3.05) is 37.7 Å². The molecule has 1 saturated heterocycles. The first-order chi connectivity index (χ1) is 15.7. The fraction of sp³-hybridized carbons (Fsp3) is 0.273. The summed E-state index contributed by atoms with van der Waals surface area (Å²) in [6.45, 7) is 2.69. The van der Waals surface area contributed by atoms with Gasteiger partial charge in [0.1, 0.15) is 16.9 Å². The molecule has 0 saturated carbocycles. The Balaban J connectivity index is 1.89. The molecule has 1 aromatic heterocycles. The average Bonchev–Trinajstić information content (AvgIpc) is 3.14. The first-order valence-electron chi connectivity index (χ1n) is 10.0. The summed E-state index contributed by atoms with van der Waals surface area (Å²) in [7, 11) is -3.08. The number of sulfonamides is 1. The molecule has 0 unspecified atom stereocenters. The summed E-state index contributed by atoms with van der Waals surface area (Å²) in [6, 6.07) is 9.21. The van der Waals surface area contributed by atoms with Crippen molar-refractivity contribution in [3.05, 3.63) is 58.8 Å². The fourth-order valence-corrected chi connectivity index (χ4v) is 5.17. The van der Waals surface area contributed by atoms with E-state index in [9.17, 15) is 18.0 Å². The van der Waals surface area contributed by atoms with E-state index in [1.165, 1.54) is 54.5 Å². The third kappa shape index (κ3) is 4.29. The lowest BCUT2D eigenvalue weighted by Gasteiger charge is -2.32. The van der Waals surface area contributed by atoms with Crippen molar-refractivity contribution in [3.8, 4) is 0 Å². The van der Waals surface area contributed by atoms with E-state index in [-0.39, 0.29) is 29.2 Å². The number of amides is 2. The number of fused-ring (bicyclic) bond motifs is 1. The summed E-state index contributed by atoms with van der Waals surface area (Å²) < 4.78 is 43.8. The highest BCUT2D eigenvalue weighted by atomic mass is 35.5. The number of anilines is 1. The zero-order valence-electron chi connectivity index (χ0n) is 17.9. The molecule has 2 aromatic carbocycles. The van der Waals surface area contributed by atoms with E-state index in [1.54, 1.807) is 6.92 Å². The van der Waals surface area contributed by atoms with Crippen molar-refractivity contribution in [2.45, 2.75) is 11.8 Å². The van der Waals surface area contributed by atoms with Crippen molar-refractivity contribution in [1.82, 2.24) is 4.90 Å². The average molecular weight is 493 g/mol. The molecule has 0 atom stereocenters. The van der Waals surface area contributed by atoms with Crippen LogP contribution >= 0.6 is 11.6 Å². The largest absolute Gasteiger partial charge is 0.465 e. The minimum absolute atomic E-state index is 0.0555. The van der Waals surface area contributed by atoms with Crippen molar-refractivity contribution >= 4 is 50.3 Å². The van der Waals surface area contributed by atoms with Crippen LogP contribution in [0.25, 0.3) is 11.0 Å². The zero-order valence-corrected chi connectivity index (χ0v) is 19.5. The Kier molecular flexibility index (Phi) is 6.33. The summed E-state index contributed by atoms with van der Waals surface area (Å²) >= 11 is 5.92. The summed E-state index contributed by atoms with van der Waals surface area (Å²) in [4.78, 5) is 27.1. The van der Waals surface area contributed by atoms with E-state index in [4.69, 9.17) is 25.5 Å². The Labute approximate surface area is 195 Å². The van der Waals surface area contributed by atoms with Crippen LogP contribution in [0.15, 0.2) is 51.8 Å². The number of hydrogen-bond acceptors (Lipinski definition) is 7. The predicted octanol–water partition coefficient (Wildman–Crippen LogP) is 3.83. The minimum atomic E-state index is -4.32. The van der Waals surface area contributed by atoms with E-state index in [0.717, 1.165) is 4.31 Å². The second-order valence-corrected chi connectivity index (χ2v) is 9.53. The molecule has 11 heteroatoms. The molecule has 1 aliphatic heterocycles. The predicted molar refractivity (Wildman–Crippen MR) is 121 cm³/mol. The highest BCUT2D eigenvalue weighted by Crippen LogP contribution is 2.33. The number of esters is 1. The highest BCUT2D eigenvalue weighted by molar-refractivity contribution is 7.93. The van der Waals surface area contributed by atoms with Gasteiger partial charge in [0.05, 0.1) is 30.9 Å². The molecule has 2 amide bonds. The molecule has 4 rings (SSSR count). The van der Waals surface area contributed by atoms with Crippen LogP contribution in [-0.4, -0.2) is 58.7 Å². The Bertz CT molecular complexity index is 1310. The zero-order chi connectivity index (χ0) is 23.8. The van der Waals surface area contributed by atoms with Crippen LogP contribution in [0.3, 0.4) is 0 Å². The van der Waals surface area contributed by atoms with Crippen LogP contribution in [0, 0.1) is 6.92 Å². The molecule has 1 fully saturated rings. The van der Waals surface area contributed by atoms with Gasteiger partial charge in [0, 0.05) is 23.5 Å². The molecule has 0 N–H and O–H groups in total. The summed E-state index contributed by atoms with van der Waals surface area (Å²) in [5.74, 6) is -0.310. The number of halogens is 1. The normalized spacial score (nSPS) is 14.3. The van der Waals surface area contributed by atoms with E-state index < -0.39 is 22.0 Å². The van der Waals surface area contributed by atoms with Gasteiger partial charge < -0.3 is 18.8 Å². The van der Waals surface area contributed by atoms with Gasteiger partial charge in [-0.25, -0.2) is 18.0 Å². The number of furan rings is 1. The molecule has 3 aromatic rings. The fourth-order valence-electron chi connectivity index (χ4n) is 3.64. The summed E-state index contributed by atoms with van der Waals surface area (Å²) in [5.41, 5.74) is 0.580. The van der Waals surface area contributed by atoms with Gasteiger partial charge in [-0.1, -0.05) is 11.6 Å². The lowest BCUT2D eigenvalue weighted by Crippen LogP contribution is -2.50. The second-order valence-electron chi connectivity index (χ2n) is 7.31. The van der Waals surface area contributed by atoms with Crippen LogP contribution < -0.4 is 4.31 Å². The SMILES string of the molecule is COC(=O)c1c(C)oc2ccc(N(C(=O)N3CCOCC3)S(=O)(=O)c3ccc(Cl)cc3)cc12. The third-order valence-electron chi connectivity index (χ3n) is 5.28. The first-order valence-corrected chi connectivity index (χ1v) is 11.8. The van der Waals surface area contributed by atoms with Crippen molar-refractivity contribution in [1.29, 1.82) is 0 Å². The maximum absolute atomic E-state index is 13.6. The number of rotatable bonds is 4. The van der Waals surface area contributed by atoms with Crippen molar-refractivity contribution in [3.63, 3.8) is 0 Å². The first kappa shape index (κ1) is 23.1. The molecule has 0 aliphatic carbocycles. The quantitative estimate of drug-likeness (QED) is 0.509. The Morgan fingerprint density at radius 3 is 2.39 bits per heavy atom. The number of ether oxygens (including phenoxy) is 2. The number of carbonyl (C=O) groups excluding carboxylic acids is 2. The van der Waals surface area contributed by atoms with Gasteiger partial charge in [-0.2, -0.15) is 4.31 Å². The van der Waals surface area contributed by atoms with Gasteiger partial charge in [-0.15, -0.1) is 0 Å². The number of benzene rings is 2. The molecule has 1 aliphatic rings. The molecule has 0 spiro atoms. The molecular weight excluding hydrogens is 472 g/mol. The van der Waals surface area contributed by atoms with E-state index in [2.05, 4.69) is 0 Å². The van der Waals surface area contributed by atoms with Crippen LogP contribution in [0.5, 0.6) is 0 Å². The van der Waals surface area contributed by atoms with Gasteiger partial charge in [-0.05, 0) is 49.4 Å². The van der Waals surface area contributed by atoms with Crippen LogP contribution in [-0.2, 0) is 19.5 Å². The van der Waals surface area contributed by atoms with Crippen LogP contribution in [0.1, 0.15) is 16.1 Å². The van der Waals surface area contributed by atoms with Crippen molar-refractivity contribution in [2.24, 2.45) is 0 Å². The molecular formula is C22H21ClN2O7S. The molecule has 174 valence electrons. The lowest BCUT2D eigenvalue weighted by atomic mass is 10.1. The molecule has 0 radical (unpaired) electrons. The monoisotopic (exact) mass is 492 g/mol. The second kappa shape index (κ2) is 9.05. The van der Waals surface area contributed by atoms with Gasteiger partial charge >= 0.3 is 12.0 Å². The molecule has 9 nitrogen and oxygen atoms in total. The number of aryl methyl sites for hydroxylation is 1. The maximum Gasteiger partial charge on any atom is 0.342 e. The smallest absolute Gasteiger partial charge is 0.342 e. The minimum Gasteiger partial charge on any atom is -0.465 e. The van der Waals surface area contributed by atoms with E-state index in [1.807, 2.05) is 0 Å². The van der Waals surface area contributed by atoms with E-state index >= 15 is 0 Å². The van der Waals surface area contributed by atoms with Crippen LogP contribution in [0.4, 0.5) is 10.5 Å². The molecule has 0 bridgehead atoms. The third-order valence-corrected chi connectivity index (χ3v) is 7.25. The van der Waals surface area contributed by atoms with Gasteiger partial charge in [0.25, 0.3) is 10.0 Å². The summed E-state index contributed by atoms with van der Waals surface area (Å²) in [6.07, 6.45) is 0. The number of morpholine rings is 1. The lowest BCUT2D eigenvalue weighted by molar-refractivity contribution is 0.0557. The standard InChI is InChI=1S/C22H21ClN2O7S/c1-14-20(21(26)30-2)18-13-16(5-8-19(18)32-14)25(22(27)24-9-11-31-12-10-24)33(28,29)17-6-3-15(23)4-7-17/h3-8,13H,9-12H2,1-2H3. The number of methoxy groups -OCH3 is 1. The number of urea groups is 1. The highest BCUT2D eigenvalue weighted by Gasteiger charge is 2.35. The van der Waals surface area contributed by atoms with Gasteiger partial charge in [0.15, 0.2) is 0 Å². The molecule has 2 heterocycles. The number of nitrogens with zero attached hydrogens (tertiary/aromatic N) is 2. The number of carbonyl (C=O) groups is 2.